The van der Waals surface area contributed by atoms with E-state index in [1.807, 2.05) is 0 Å². The molecule has 3 heteroatoms. The number of fused-ring (bicyclic) bond motifs is 1. The molecule has 2 aromatic carbocycles. The van der Waals surface area contributed by atoms with E-state index in [1.165, 1.54) is 10.8 Å². The molecule has 0 aliphatic carbocycles. The molecular weight excluding hydrogens is 287 g/mol. The van der Waals surface area contributed by atoms with Gasteiger partial charge in [-0.2, -0.15) is 0 Å². The normalized spacial score (nSPS) is 12.1. The Morgan fingerprint density at radius 3 is 2.67 bits per heavy atom. The Balaban J connectivity index is 2.24. The Morgan fingerprint density at radius 1 is 1.17 bits per heavy atom. The molecule has 18 heavy (non-hydrogen) atoms. The monoisotopic (exact) mass is 305 g/mol. The molecule has 2 aromatic rings. The van der Waals surface area contributed by atoms with E-state index in [2.05, 4.69) is 82.6 Å². The fourth-order valence-corrected chi connectivity index (χ4v) is 2.14. The molecule has 0 saturated carbocycles. The van der Waals surface area contributed by atoms with Crippen molar-refractivity contribution >= 4 is 37.2 Å². The molecule has 2 rings (SSSR count). The van der Waals surface area contributed by atoms with E-state index in [-0.39, 0.29) is 0 Å². The summed E-state index contributed by atoms with van der Waals surface area (Å²) >= 11 is 2.98. The molecule has 0 atom stereocenters. The quantitative estimate of drug-likeness (QED) is 0.524. The minimum atomic E-state index is 0.572. The third-order valence-electron chi connectivity index (χ3n) is 2.63. The first-order chi connectivity index (χ1) is 8.66. The van der Waals surface area contributed by atoms with Gasteiger partial charge in [0, 0.05) is 0 Å². The van der Waals surface area contributed by atoms with Gasteiger partial charge in [0.2, 0.25) is 0 Å². The van der Waals surface area contributed by atoms with Crippen molar-refractivity contribution in [3.8, 4) is 0 Å². The zero-order valence-corrected chi connectivity index (χ0v) is 12.4. The van der Waals surface area contributed by atoms with Crippen LogP contribution in [0, 0.1) is 5.92 Å². The molecular formula is C15H17N2Se. The molecule has 0 bridgehead atoms. The summed E-state index contributed by atoms with van der Waals surface area (Å²) in [6, 6.07) is 14.6. The molecule has 0 aliphatic heterocycles. The summed E-state index contributed by atoms with van der Waals surface area (Å²) in [5.41, 5.74) is 1.09. The average Bonchev–Trinajstić information content (AvgIpc) is 2.37. The molecule has 2 nitrogen and oxygen atoms in total. The van der Waals surface area contributed by atoms with Crippen LogP contribution in [0.15, 0.2) is 47.5 Å². The van der Waals surface area contributed by atoms with Crippen molar-refractivity contribution < 1.29 is 0 Å². The summed E-state index contributed by atoms with van der Waals surface area (Å²) in [4.78, 5) is 4.48. The van der Waals surface area contributed by atoms with Gasteiger partial charge in [-0.15, -0.1) is 0 Å². The Kier molecular flexibility index (Phi) is 4.40. The van der Waals surface area contributed by atoms with Crippen molar-refractivity contribution in [2.24, 2.45) is 10.9 Å². The van der Waals surface area contributed by atoms with Crippen molar-refractivity contribution in [2.75, 3.05) is 11.9 Å². The van der Waals surface area contributed by atoms with Crippen LogP contribution in [0.5, 0.6) is 0 Å². The van der Waals surface area contributed by atoms with Crippen LogP contribution < -0.4 is 5.32 Å². The molecule has 0 unspecified atom stereocenters. The summed E-state index contributed by atoms with van der Waals surface area (Å²) in [6.07, 6.45) is 0. The first-order valence-corrected chi connectivity index (χ1v) is 6.98. The molecule has 0 aliphatic rings. The topological polar surface area (TPSA) is 24.4 Å². The van der Waals surface area contributed by atoms with E-state index < -0.39 is 0 Å². The molecule has 93 valence electrons. The fourth-order valence-electron chi connectivity index (χ4n) is 1.75. The number of benzene rings is 2. The van der Waals surface area contributed by atoms with Gasteiger partial charge in [0.15, 0.2) is 0 Å². The van der Waals surface area contributed by atoms with Crippen LogP contribution in [-0.4, -0.2) is 27.3 Å². The van der Waals surface area contributed by atoms with Gasteiger partial charge in [0.25, 0.3) is 0 Å². The van der Waals surface area contributed by atoms with E-state index in [0.29, 0.717) is 5.92 Å². The maximum atomic E-state index is 4.48. The SMILES string of the molecule is CC(C)CN=C([Se])Nc1cccc2ccccc12. The number of amidine groups is 1. The van der Waals surface area contributed by atoms with Gasteiger partial charge in [0.1, 0.15) is 0 Å². The number of aliphatic imine (C=N–C) groups is 1. The third-order valence-corrected chi connectivity index (χ3v) is 3.12. The summed E-state index contributed by atoms with van der Waals surface area (Å²) in [5.74, 6) is 0.572. The second-order valence-electron chi connectivity index (χ2n) is 4.69. The summed E-state index contributed by atoms with van der Waals surface area (Å²) in [6.45, 7) is 5.16. The van der Waals surface area contributed by atoms with Gasteiger partial charge in [0.05, 0.1) is 0 Å². The third kappa shape index (κ3) is 3.34. The second-order valence-corrected chi connectivity index (χ2v) is 5.50. The molecule has 0 amide bonds. The predicted molar refractivity (Wildman–Crippen MR) is 80.5 cm³/mol. The van der Waals surface area contributed by atoms with Crippen LogP contribution in [0.2, 0.25) is 0 Å². The van der Waals surface area contributed by atoms with Crippen LogP contribution in [0.4, 0.5) is 5.69 Å². The molecule has 0 spiro atoms. The Morgan fingerprint density at radius 2 is 1.89 bits per heavy atom. The van der Waals surface area contributed by atoms with Crippen LogP contribution >= 0.6 is 0 Å². The van der Waals surface area contributed by atoms with Crippen LogP contribution in [-0.2, 0) is 0 Å². The Bertz CT molecular complexity index is 556. The average molecular weight is 304 g/mol. The molecule has 0 saturated heterocycles. The predicted octanol–water partition coefficient (Wildman–Crippen LogP) is 3.43. The van der Waals surface area contributed by atoms with E-state index >= 15 is 0 Å². The molecule has 1 N–H and O–H groups in total. The summed E-state index contributed by atoms with van der Waals surface area (Å²) < 4.78 is 0.847. The van der Waals surface area contributed by atoms with E-state index in [1.54, 1.807) is 0 Å². The number of rotatable bonds is 3. The second kappa shape index (κ2) is 6.03. The zero-order valence-electron chi connectivity index (χ0n) is 10.7. The standard InChI is InChI=1S/C15H17N2Se/c1-11(2)10-16-15(18)17-14-9-5-7-12-6-3-4-8-13(12)14/h3-9,11H,10H2,1-2H3,(H,16,17). The number of hydrogen-bond donors (Lipinski definition) is 1. The molecule has 0 fully saturated rings. The van der Waals surface area contributed by atoms with Crippen molar-refractivity contribution in [1.82, 2.24) is 0 Å². The van der Waals surface area contributed by atoms with Gasteiger partial charge in [-0.05, 0) is 0 Å². The number of nitrogens with zero attached hydrogens (tertiary/aromatic N) is 1. The molecule has 0 aromatic heterocycles. The zero-order chi connectivity index (χ0) is 13.0. The number of anilines is 1. The first-order valence-electron chi connectivity index (χ1n) is 6.13. The van der Waals surface area contributed by atoms with Crippen LogP contribution in [0.25, 0.3) is 10.8 Å². The minimum absolute atomic E-state index is 0.572. The van der Waals surface area contributed by atoms with Gasteiger partial charge in [-0.1, -0.05) is 0 Å². The van der Waals surface area contributed by atoms with Crippen molar-refractivity contribution in [1.29, 1.82) is 0 Å². The summed E-state index contributed by atoms with van der Waals surface area (Å²) in [5, 5.41) is 5.79. The van der Waals surface area contributed by atoms with Gasteiger partial charge < -0.3 is 0 Å². The first kappa shape index (κ1) is 13.1. The van der Waals surface area contributed by atoms with Gasteiger partial charge in [-0.3, -0.25) is 0 Å². The van der Waals surface area contributed by atoms with Crippen molar-refractivity contribution in [3.05, 3.63) is 42.5 Å². The van der Waals surface area contributed by atoms with E-state index in [9.17, 15) is 0 Å². The van der Waals surface area contributed by atoms with Gasteiger partial charge in [-0.25, -0.2) is 0 Å². The fraction of sp³-hybridized carbons (Fsp3) is 0.267. The van der Waals surface area contributed by atoms with E-state index in [0.717, 1.165) is 17.0 Å². The van der Waals surface area contributed by atoms with Crippen LogP contribution in [0.1, 0.15) is 13.8 Å². The molecule has 1 radical (unpaired) electrons. The Hall–Kier alpha value is -1.31. The summed E-state index contributed by atoms with van der Waals surface area (Å²) in [7, 11) is 0. The maximum absolute atomic E-state index is 4.48. The van der Waals surface area contributed by atoms with Crippen molar-refractivity contribution in [2.45, 2.75) is 13.8 Å². The molecule has 0 heterocycles. The number of hydrogen-bond acceptors (Lipinski definition) is 1. The Labute approximate surface area is 116 Å². The van der Waals surface area contributed by atoms with Gasteiger partial charge >= 0.3 is 116 Å². The van der Waals surface area contributed by atoms with Crippen LogP contribution in [0.3, 0.4) is 0 Å². The number of nitrogens with one attached hydrogen (secondary N) is 1. The van der Waals surface area contributed by atoms with Crippen molar-refractivity contribution in [3.63, 3.8) is 0 Å². The van der Waals surface area contributed by atoms with E-state index in [4.69, 9.17) is 0 Å².